The topological polar surface area (TPSA) is 130 Å². The van der Waals surface area contributed by atoms with Crippen LogP contribution in [-0.2, 0) is 27.2 Å². The van der Waals surface area contributed by atoms with Crippen molar-refractivity contribution < 1.29 is 23.9 Å². The molecule has 0 bridgehead atoms. The average Bonchev–Trinajstić information content (AvgIpc) is 3.38. The molecule has 0 spiro atoms. The molecule has 0 saturated carbocycles. The van der Waals surface area contributed by atoms with Crippen LogP contribution in [0.15, 0.2) is 36.5 Å². The number of carbonyl (C=O) groups is 3. The average molecular weight is 660 g/mol. The number of piperidine rings is 1. The van der Waals surface area contributed by atoms with E-state index in [-0.39, 0.29) is 24.2 Å². The minimum absolute atomic E-state index is 0.113. The number of ether oxygens (including phenoxy) is 2. The van der Waals surface area contributed by atoms with E-state index in [4.69, 9.17) is 14.5 Å². The number of hydrogen-bond acceptors (Lipinski definition) is 8. The first-order valence-corrected chi connectivity index (χ1v) is 16.4. The first-order valence-electron chi connectivity index (χ1n) is 16.4. The molecule has 2 aromatic heterocycles. The number of nitrogens with one attached hydrogen (secondary N) is 2. The summed E-state index contributed by atoms with van der Waals surface area (Å²) in [6.07, 6.45) is 3.05. The Kier molecular flexibility index (Phi) is 10.6. The van der Waals surface area contributed by atoms with Crippen LogP contribution in [0.4, 0.5) is 26.9 Å². The number of nitrogens with zero attached hydrogens (tertiary/aromatic N) is 5. The van der Waals surface area contributed by atoms with Gasteiger partial charge in [-0.3, -0.25) is 9.69 Å². The summed E-state index contributed by atoms with van der Waals surface area (Å²) in [5.74, 6) is 5.63. The van der Waals surface area contributed by atoms with E-state index in [1.807, 2.05) is 68.4 Å². The molecule has 0 unspecified atom stereocenters. The molecule has 1 fully saturated rings. The maximum absolute atomic E-state index is 13.9. The van der Waals surface area contributed by atoms with E-state index in [0.29, 0.717) is 35.9 Å². The van der Waals surface area contributed by atoms with Crippen molar-refractivity contribution in [1.29, 1.82) is 0 Å². The Morgan fingerprint density at radius 3 is 2.44 bits per heavy atom. The van der Waals surface area contributed by atoms with Crippen LogP contribution in [0.1, 0.15) is 93.2 Å². The van der Waals surface area contributed by atoms with Crippen molar-refractivity contribution in [3.05, 3.63) is 47.7 Å². The van der Waals surface area contributed by atoms with E-state index in [2.05, 4.69) is 27.6 Å². The first kappa shape index (κ1) is 36.1. The fraction of sp³-hybridized carbons (Fsp3) is 0.528. The van der Waals surface area contributed by atoms with Crippen molar-refractivity contribution in [2.75, 3.05) is 22.1 Å². The van der Waals surface area contributed by atoms with Gasteiger partial charge < -0.3 is 25.0 Å². The largest absolute Gasteiger partial charge is 0.444 e. The van der Waals surface area contributed by atoms with Crippen LogP contribution in [0, 0.1) is 11.8 Å². The Labute approximate surface area is 283 Å². The molecule has 12 nitrogen and oxygen atoms in total. The highest BCUT2D eigenvalue weighted by atomic mass is 16.6. The van der Waals surface area contributed by atoms with Crippen LogP contribution in [-0.4, -0.2) is 66.9 Å². The second kappa shape index (κ2) is 14.1. The van der Waals surface area contributed by atoms with Crippen LogP contribution in [0.25, 0.3) is 5.65 Å². The van der Waals surface area contributed by atoms with Crippen LogP contribution in [0.2, 0.25) is 0 Å². The van der Waals surface area contributed by atoms with Gasteiger partial charge in [-0.2, -0.15) is 9.61 Å². The monoisotopic (exact) mass is 659 g/mol. The third-order valence-corrected chi connectivity index (χ3v) is 7.77. The quantitative estimate of drug-likeness (QED) is 0.266. The molecule has 1 atom stereocenters. The maximum Gasteiger partial charge on any atom is 0.416 e. The molecule has 1 saturated heterocycles. The molecule has 12 heteroatoms. The smallest absolute Gasteiger partial charge is 0.416 e. The number of amides is 3. The molecule has 0 radical (unpaired) electrons. The standard InChI is InChI=1S/C36H49N7O5/c1-11-14-29(44)39-26-16-13-15-24(19-26)22-41(32(45)47-34(3,4)5)30-20-28(40-31-25(12-2)21-37-43(30)31)38-27-17-18-36(9,10)42(23-27)33(46)48-35(6,7)8/h13,15-16,19-21,27H,12,17-18,22-23H2,1-10H3,(H,38,40)(H,39,44)/t27-/m0/s1. The Bertz CT molecular complexity index is 1720. The molecular formula is C36H49N7O5. The maximum atomic E-state index is 13.9. The highest BCUT2D eigenvalue weighted by Crippen LogP contribution is 2.32. The van der Waals surface area contributed by atoms with E-state index >= 15 is 0 Å². The molecule has 1 aromatic carbocycles. The molecule has 258 valence electrons. The number of likely N-dealkylation sites (tertiary alicyclic amines) is 1. The molecule has 2 N–H and O–H groups in total. The van der Waals surface area contributed by atoms with Crippen LogP contribution in [0.3, 0.4) is 0 Å². The minimum atomic E-state index is -0.768. The van der Waals surface area contributed by atoms with Crippen molar-refractivity contribution in [2.24, 2.45) is 0 Å². The van der Waals surface area contributed by atoms with Crippen LogP contribution >= 0.6 is 0 Å². The van der Waals surface area contributed by atoms with Gasteiger partial charge in [-0.25, -0.2) is 14.6 Å². The number of fused-ring (bicyclic) bond motifs is 1. The van der Waals surface area contributed by atoms with E-state index in [1.54, 1.807) is 46.8 Å². The van der Waals surface area contributed by atoms with Crippen molar-refractivity contribution in [1.82, 2.24) is 19.5 Å². The number of aromatic nitrogens is 3. The van der Waals surface area contributed by atoms with Crippen molar-refractivity contribution in [3.8, 4) is 11.8 Å². The molecule has 4 rings (SSSR count). The summed E-state index contributed by atoms with van der Waals surface area (Å²) in [5.41, 5.74) is 1.04. The second-order valence-electron chi connectivity index (χ2n) is 14.6. The van der Waals surface area contributed by atoms with Gasteiger partial charge in [0.2, 0.25) is 0 Å². The van der Waals surface area contributed by atoms with Crippen LogP contribution in [0.5, 0.6) is 0 Å². The Hall–Kier alpha value is -4.79. The third-order valence-electron chi connectivity index (χ3n) is 7.77. The zero-order chi connectivity index (χ0) is 35.4. The van der Waals surface area contributed by atoms with Crippen LogP contribution < -0.4 is 15.5 Å². The summed E-state index contributed by atoms with van der Waals surface area (Å²) in [7, 11) is 0. The van der Waals surface area contributed by atoms with Gasteiger partial charge >= 0.3 is 12.2 Å². The van der Waals surface area contributed by atoms with Gasteiger partial charge in [0.05, 0.1) is 12.7 Å². The Morgan fingerprint density at radius 1 is 1.08 bits per heavy atom. The van der Waals surface area contributed by atoms with E-state index in [9.17, 15) is 14.4 Å². The summed E-state index contributed by atoms with van der Waals surface area (Å²) < 4.78 is 13.3. The van der Waals surface area contributed by atoms with Gasteiger partial charge in [-0.1, -0.05) is 25.0 Å². The predicted molar refractivity (Wildman–Crippen MR) is 187 cm³/mol. The lowest BCUT2D eigenvalue weighted by Crippen LogP contribution is -2.57. The fourth-order valence-corrected chi connectivity index (χ4v) is 5.46. The van der Waals surface area contributed by atoms with E-state index in [1.165, 1.54) is 4.90 Å². The molecule has 3 aromatic rings. The lowest BCUT2D eigenvalue weighted by atomic mass is 9.88. The summed E-state index contributed by atoms with van der Waals surface area (Å²) in [6, 6.07) is 8.88. The molecule has 0 aliphatic carbocycles. The highest BCUT2D eigenvalue weighted by Gasteiger charge is 2.40. The van der Waals surface area contributed by atoms with Gasteiger partial charge in [0, 0.05) is 35.4 Å². The lowest BCUT2D eigenvalue weighted by Gasteiger charge is -2.45. The summed E-state index contributed by atoms with van der Waals surface area (Å²) >= 11 is 0. The summed E-state index contributed by atoms with van der Waals surface area (Å²) in [6.45, 7) is 19.3. The molecule has 48 heavy (non-hydrogen) atoms. The van der Waals surface area contributed by atoms with Crippen molar-refractivity contribution >= 4 is 41.1 Å². The highest BCUT2D eigenvalue weighted by molar-refractivity contribution is 6.03. The SMILES string of the molecule is CC#CC(=O)Nc1cccc(CN(C(=O)OC(C)(C)C)c2cc(N[C@H]3CCC(C)(C)N(C(=O)OC(C)(C)C)C3)nc3c(CC)cnn23)c1. The van der Waals surface area contributed by atoms with E-state index in [0.717, 1.165) is 24.0 Å². The number of benzene rings is 1. The van der Waals surface area contributed by atoms with Crippen molar-refractivity contribution in [2.45, 2.75) is 118 Å². The molecular weight excluding hydrogens is 610 g/mol. The summed E-state index contributed by atoms with van der Waals surface area (Å²) in [5, 5.41) is 10.9. The molecule has 1 aliphatic rings. The van der Waals surface area contributed by atoms with Gasteiger partial charge in [-0.05, 0) is 105 Å². The number of aryl methyl sites for hydroxylation is 1. The Morgan fingerprint density at radius 2 is 1.79 bits per heavy atom. The molecule has 3 amide bonds. The van der Waals surface area contributed by atoms with Gasteiger partial charge in [0.15, 0.2) is 5.65 Å². The second-order valence-corrected chi connectivity index (χ2v) is 14.6. The van der Waals surface area contributed by atoms with Gasteiger partial charge in [-0.15, -0.1) is 0 Å². The number of rotatable bonds is 7. The normalized spacial score (nSPS) is 16.0. The minimum Gasteiger partial charge on any atom is -0.444 e. The zero-order valence-corrected chi connectivity index (χ0v) is 29.9. The number of carbonyl (C=O) groups excluding carboxylic acids is 3. The molecule has 1 aliphatic heterocycles. The zero-order valence-electron chi connectivity index (χ0n) is 29.9. The number of anilines is 3. The first-order chi connectivity index (χ1) is 22.4. The lowest BCUT2D eigenvalue weighted by molar-refractivity contribution is -0.111. The molecule has 3 heterocycles. The van der Waals surface area contributed by atoms with Crippen molar-refractivity contribution in [3.63, 3.8) is 0 Å². The fourth-order valence-electron chi connectivity index (χ4n) is 5.46. The third kappa shape index (κ3) is 9.18. The van der Waals surface area contributed by atoms with Gasteiger partial charge in [0.25, 0.3) is 5.91 Å². The van der Waals surface area contributed by atoms with E-state index < -0.39 is 23.2 Å². The number of hydrogen-bond donors (Lipinski definition) is 2. The summed E-state index contributed by atoms with van der Waals surface area (Å²) in [4.78, 5) is 47.5. The van der Waals surface area contributed by atoms with Gasteiger partial charge in [0.1, 0.15) is 22.8 Å². The Balaban J connectivity index is 1.74. The predicted octanol–water partition coefficient (Wildman–Crippen LogP) is 6.79.